The molecule has 0 spiro atoms. The van der Waals surface area contributed by atoms with Crippen LogP contribution in [-0.4, -0.2) is 42.9 Å². The van der Waals surface area contributed by atoms with Gasteiger partial charge in [0.1, 0.15) is 0 Å². The molecule has 1 rings (SSSR count). The van der Waals surface area contributed by atoms with Gasteiger partial charge in [-0.25, -0.2) is 0 Å². The maximum Gasteiger partial charge on any atom is 0.0802 e. The molecule has 3 nitrogen and oxygen atoms in total. The number of benzene rings is 1. The van der Waals surface area contributed by atoms with Crippen LogP contribution in [0.1, 0.15) is 31.9 Å². The third-order valence-electron chi connectivity index (χ3n) is 3.18. The molecule has 108 valence electrons. The summed E-state index contributed by atoms with van der Waals surface area (Å²) in [6.07, 6.45) is 0.292. The number of aliphatic hydroxyl groups is 1. The Morgan fingerprint density at radius 2 is 1.89 bits per heavy atom. The van der Waals surface area contributed by atoms with Crippen molar-refractivity contribution in [1.82, 2.24) is 4.90 Å². The molecule has 0 aliphatic carbocycles. The molecule has 1 N–H and O–H groups in total. The van der Waals surface area contributed by atoms with Gasteiger partial charge in [0.15, 0.2) is 0 Å². The first-order chi connectivity index (χ1) is 9.17. The first-order valence-electron chi connectivity index (χ1n) is 6.91. The number of halogens is 1. The highest BCUT2D eigenvalue weighted by atomic mass is 35.5. The fourth-order valence-corrected chi connectivity index (χ4v) is 2.05. The minimum absolute atomic E-state index is 0.432. The van der Waals surface area contributed by atoms with Crippen LogP contribution in [0.4, 0.5) is 0 Å². The van der Waals surface area contributed by atoms with Gasteiger partial charge in [0.05, 0.1) is 12.7 Å². The van der Waals surface area contributed by atoms with Crippen LogP contribution >= 0.6 is 11.6 Å². The summed E-state index contributed by atoms with van der Waals surface area (Å²) < 4.78 is 5.35. The van der Waals surface area contributed by atoms with Crippen LogP contribution in [-0.2, 0) is 4.74 Å². The van der Waals surface area contributed by atoms with E-state index >= 15 is 0 Å². The Bertz CT molecular complexity index is 343. The van der Waals surface area contributed by atoms with Crippen LogP contribution in [0.5, 0.6) is 0 Å². The average Bonchev–Trinajstić information content (AvgIpc) is 2.43. The zero-order valence-corrected chi connectivity index (χ0v) is 12.6. The summed E-state index contributed by atoms with van der Waals surface area (Å²) in [5.41, 5.74) is 0.922. The van der Waals surface area contributed by atoms with E-state index < -0.39 is 6.10 Å². The van der Waals surface area contributed by atoms with E-state index in [1.807, 2.05) is 31.2 Å². The van der Waals surface area contributed by atoms with Crippen molar-refractivity contribution in [2.75, 3.05) is 32.8 Å². The Morgan fingerprint density at radius 3 is 2.47 bits per heavy atom. The lowest BCUT2D eigenvalue weighted by molar-refractivity contribution is 0.101. The standard InChI is InChI=1S/C15H24ClNO2/c1-3-17(11-12-19-4-2)10-9-15(18)13-5-7-14(16)8-6-13/h5-8,15,18H,3-4,9-12H2,1-2H3. The molecule has 0 heterocycles. The Labute approximate surface area is 121 Å². The molecule has 0 saturated heterocycles. The van der Waals surface area contributed by atoms with E-state index in [-0.39, 0.29) is 0 Å². The molecule has 0 amide bonds. The van der Waals surface area contributed by atoms with Gasteiger partial charge in [0, 0.05) is 24.7 Å². The zero-order valence-electron chi connectivity index (χ0n) is 11.8. The lowest BCUT2D eigenvalue weighted by Gasteiger charge is -2.22. The van der Waals surface area contributed by atoms with Gasteiger partial charge < -0.3 is 14.7 Å². The van der Waals surface area contributed by atoms with Gasteiger partial charge in [0.2, 0.25) is 0 Å². The predicted molar refractivity (Wildman–Crippen MR) is 79.6 cm³/mol. The number of aliphatic hydroxyl groups excluding tert-OH is 1. The normalized spacial score (nSPS) is 12.9. The second kappa shape index (κ2) is 9.32. The summed E-state index contributed by atoms with van der Waals surface area (Å²) in [6, 6.07) is 7.38. The molecule has 0 saturated carbocycles. The molecule has 0 aromatic heterocycles. The first-order valence-corrected chi connectivity index (χ1v) is 7.28. The number of nitrogens with zero attached hydrogens (tertiary/aromatic N) is 1. The summed E-state index contributed by atoms with van der Waals surface area (Å²) in [4.78, 5) is 2.29. The minimum Gasteiger partial charge on any atom is -0.388 e. The van der Waals surface area contributed by atoms with Crippen molar-refractivity contribution >= 4 is 11.6 Å². The predicted octanol–water partition coefficient (Wildman–Crippen LogP) is 3.12. The van der Waals surface area contributed by atoms with Crippen LogP contribution in [0.25, 0.3) is 0 Å². The Morgan fingerprint density at radius 1 is 1.21 bits per heavy atom. The zero-order chi connectivity index (χ0) is 14.1. The SMILES string of the molecule is CCOCCN(CC)CCC(O)c1ccc(Cl)cc1. The summed E-state index contributed by atoms with van der Waals surface area (Å²) in [6.45, 7) is 8.39. The molecule has 0 aliphatic heterocycles. The van der Waals surface area contributed by atoms with Gasteiger partial charge in [-0.05, 0) is 37.6 Å². The number of hydrogen-bond donors (Lipinski definition) is 1. The van der Waals surface area contributed by atoms with Crippen molar-refractivity contribution in [3.63, 3.8) is 0 Å². The molecule has 1 aromatic carbocycles. The maximum atomic E-state index is 10.1. The molecule has 0 fully saturated rings. The summed E-state index contributed by atoms with van der Waals surface area (Å²) in [5.74, 6) is 0. The lowest BCUT2D eigenvalue weighted by Crippen LogP contribution is -2.29. The van der Waals surface area contributed by atoms with Crippen molar-refractivity contribution in [2.24, 2.45) is 0 Å². The molecule has 0 radical (unpaired) electrons. The summed E-state index contributed by atoms with van der Waals surface area (Å²) in [7, 11) is 0. The highest BCUT2D eigenvalue weighted by Gasteiger charge is 2.10. The van der Waals surface area contributed by atoms with Crippen LogP contribution in [0.15, 0.2) is 24.3 Å². The fraction of sp³-hybridized carbons (Fsp3) is 0.600. The van der Waals surface area contributed by atoms with Gasteiger partial charge in [-0.1, -0.05) is 30.7 Å². The van der Waals surface area contributed by atoms with E-state index in [4.69, 9.17) is 16.3 Å². The van der Waals surface area contributed by atoms with E-state index in [9.17, 15) is 5.11 Å². The topological polar surface area (TPSA) is 32.7 Å². The summed E-state index contributed by atoms with van der Waals surface area (Å²) in [5, 5.41) is 10.8. The molecular weight excluding hydrogens is 262 g/mol. The van der Waals surface area contributed by atoms with E-state index in [0.717, 1.165) is 44.8 Å². The molecule has 1 unspecified atom stereocenters. The third-order valence-corrected chi connectivity index (χ3v) is 3.43. The number of ether oxygens (including phenoxy) is 1. The minimum atomic E-state index is -0.432. The van der Waals surface area contributed by atoms with Gasteiger partial charge in [-0.2, -0.15) is 0 Å². The highest BCUT2D eigenvalue weighted by Crippen LogP contribution is 2.19. The van der Waals surface area contributed by atoms with Gasteiger partial charge >= 0.3 is 0 Å². The number of hydrogen-bond acceptors (Lipinski definition) is 3. The maximum absolute atomic E-state index is 10.1. The van der Waals surface area contributed by atoms with Crippen molar-refractivity contribution in [2.45, 2.75) is 26.4 Å². The van der Waals surface area contributed by atoms with E-state index in [1.165, 1.54) is 0 Å². The van der Waals surface area contributed by atoms with Crippen LogP contribution in [0, 0.1) is 0 Å². The van der Waals surface area contributed by atoms with Crippen molar-refractivity contribution < 1.29 is 9.84 Å². The van der Waals surface area contributed by atoms with E-state index in [2.05, 4.69) is 11.8 Å². The quantitative estimate of drug-likeness (QED) is 0.708. The van der Waals surface area contributed by atoms with E-state index in [0.29, 0.717) is 5.02 Å². The summed E-state index contributed by atoms with van der Waals surface area (Å²) >= 11 is 5.83. The van der Waals surface area contributed by atoms with Crippen LogP contribution in [0.3, 0.4) is 0 Å². The molecule has 19 heavy (non-hydrogen) atoms. The first kappa shape index (κ1) is 16.4. The Kier molecular flexibility index (Phi) is 8.07. The lowest BCUT2D eigenvalue weighted by atomic mass is 10.1. The van der Waals surface area contributed by atoms with E-state index in [1.54, 1.807) is 0 Å². The molecule has 0 aliphatic rings. The average molecular weight is 286 g/mol. The number of likely N-dealkylation sites (N-methyl/N-ethyl adjacent to an activating group) is 1. The van der Waals surface area contributed by atoms with Gasteiger partial charge in [0.25, 0.3) is 0 Å². The molecular formula is C15H24ClNO2. The molecule has 1 aromatic rings. The second-order valence-electron chi connectivity index (χ2n) is 4.49. The van der Waals surface area contributed by atoms with Crippen LogP contribution in [0.2, 0.25) is 5.02 Å². The smallest absolute Gasteiger partial charge is 0.0802 e. The van der Waals surface area contributed by atoms with Crippen molar-refractivity contribution in [1.29, 1.82) is 0 Å². The van der Waals surface area contributed by atoms with Crippen molar-refractivity contribution in [3.8, 4) is 0 Å². The van der Waals surface area contributed by atoms with Crippen LogP contribution < -0.4 is 0 Å². The van der Waals surface area contributed by atoms with Gasteiger partial charge in [-0.3, -0.25) is 0 Å². The Hall–Kier alpha value is -0.610. The highest BCUT2D eigenvalue weighted by molar-refractivity contribution is 6.30. The van der Waals surface area contributed by atoms with Crippen molar-refractivity contribution in [3.05, 3.63) is 34.9 Å². The van der Waals surface area contributed by atoms with Gasteiger partial charge in [-0.15, -0.1) is 0 Å². The molecule has 4 heteroatoms. The molecule has 1 atom stereocenters. The molecule has 0 bridgehead atoms. The Balaban J connectivity index is 2.34. The number of rotatable bonds is 9. The largest absolute Gasteiger partial charge is 0.388 e. The monoisotopic (exact) mass is 285 g/mol. The fourth-order valence-electron chi connectivity index (χ4n) is 1.92. The third kappa shape index (κ3) is 6.39. The second-order valence-corrected chi connectivity index (χ2v) is 4.92.